The number of fused-ring (bicyclic) bond motifs is 1. The quantitative estimate of drug-likeness (QED) is 0.665. The molecule has 1 aromatic heterocycles. The van der Waals surface area contributed by atoms with Crippen molar-refractivity contribution in [1.29, 1.82) is 5.26 Å². The molecule has 2 aromatic carbocycles. The number of carbonyl (C=O) groups excluding carboxylic acids is 1. The van der Waals surface area contributed by atoms with Crippen LogP contribution in [0.1, 0.15) is 28.4 Å². The lowest BCUT2D eigenvalue weighted by Crippen LogP contribution is -2.47. The molecule has 1 fully saturated rings. The molecule has 0 unspecified atom stereocenters. The molecule has 6 nitrogen and oxygen atoms in total. The first kappa shape index (κ1) is 17.1. The summed E-state index contributed by atoms with van der Waals surface area (Å²) in [6.07, 6.45) is 0. The number of aryl methyl sites for hydroxylation is 1. The van der Waals surface area contributed by atoms with Crippen LogP contribution < -0.4 is 9.80 Å². The molecule has 2 heterocycles. The highest BCUT2D eigenvalue weighted by Crippen LogP contribution is 2.27. The standard InChI is InChI=1S/C21H20N4O2/c1-14-3-6-20-18(11-14)23-21(27-20)25-9-7-24(8-10-25)19-12-16(13-22)4-5-17(19)15(2)26/h3-6,11-12H,7-10H2,1-2H3. The van der Waals surface area contributed by atoms with E-state index in [0.29, 0.717) is 17.1 Å². The molecule has 27 heavy (non-hydrogen) atoms. The van der Waals surface area contributed by atoms with Gasteiger partial charge in [-0.3, -0.25) is 4.79 Å². The summed E-state index contributed by atoms with van der Waals surface area (Å²) in [7, 11) is 0. The van der Waals surface area contributed by atoms with E-state index >= 15 is 0 Å². The number of rotatable bonds is 3. The van der Waals surface area contributed by atoms with Crippen molar-refractivity contribution in [3.05, 3.63) is 53.1 Å². The molecule has 0 bridgehead atoms. The Hall–Kier alpha value is -3.33. The molecule has 6 heteroatoms. The Morgan fingerprint density at radius 2 is 1.85 bits per heavy atom. The van der Waals surface area contributed by atoms with E-state index in [4.69, 9.17) is 4.42 Å². The van der Waals surface area contributed by atoms with E-state index in [1.165, 1.54) is 0 Å². The Morgan fingerprint density at radius 3 is 2.56 bits per heavy atom. The van der Waals surface area contributed by atoms with Crippen LogP contribution in [0.4, 0.5) is 11.7 Å². The minimum absolute atomic E-state index is 0.00578. The molecule has 1 aliphatic rings. The highest BCUT2D eigenvalue weighted by molar-refractivity contribution is 6.00. The van der Waals surface area contributed by atoms with Crippen LogP contribution in [0.15, 0.2) is 40.8 Å². The van der Waals surface area contributed by atoms with Crippen LogP contribution in [0.3, 0.4) is 0 Å². The predicted molar refractivity (Wildman–Crippen MR) is 104 cm³/mol. The molecule has 0 N–H and O–H groups in total. The zero-order valence-corrected chi connectivity index (χ0v) is 15.4. The summed E-state index contributed by atoms with van der Waals surface area (Å²) in [5.74, 6) is 0.00578. The first-order valence-corrected chi connectivity index (χ1v) is 8.97. The van der Waals surface area contributed by atoms with Crippen molar-refractivity contribution in [3.63, 3.8) is 0 Å². The molecular formula is C21H20N4O2. The van der Waals surface area contributed by atoms with E-state index in [-0.39, 0.29) is 5.78 Å². The number of nitrogens with zero attached hydrogens (tertiary/aromatic N) is 4. The van der Waals surface area contributed by atoms with Gasteiger partial charge in [0.05, 0.1) is 11.6 Å². The number of piperazine rings is 1. The van der Waals surface area contributed by atoms with E-state index < -0.39 is 0 Å². The van der Waals surface area contributed by atoms with Gasteiger partial charge in [0.25, 0.3) is 6.01 Å². The van der Waals surface area contributed by atoms with E-state index in [1.807, 2.05) is 25.1 Å². The summed E-state index contributed by atoms with van der Waals surface area (Å²) in [5, 5.41) is 9.19. The fourth-order valence-corrected chi connectivity index (χ4v) is 3.46. The van der Waals surface area contributed by atoms with Gasteiger partial charge in [0, 0.05) is 37.4 Å². The molecule has 1 aliphatic heterocycles. The Balaban J connectivity index is 1.55. The van der Waals surface area contributed by atoms with Crippen LogP contribution in [0.5, 0.6) is 0 Å². The number of aromatic nitrogens is 1. The minimum atomic E-state index is 0.00578. The Labute approximate surface area is 157 Å². The van der Waals surface area contributed by atoms with Gasteiger partial charge in [-0.25, -0.2) is 0 Å². The van der Waals surface area contributed by atoms with Crippen molar-refractivity contribution in [3.8, 4) is 6.07 Å². The third-order valence-electron chi connectivity index (χ3n) is 4.93. The lowest BCUT2D eigenvalue weighted by atomic mass is 10.0. The minimum Gasteiger partial charge on any atom is -0.423 e. The average molecular weight is 360 g/mol. The molecule has 3 aromatic rings. The molecule has 136 valence electrons. The lowest BCUT2D eigenvalue weighted by molar-refractivity contribution is 0.101. The zero-order valence-electron chi connectivity index (χ0n) is 15.4. The van der Waals surface area contributed by atoms with E-state index in [0.717, 1.165) is 48.5 Å². The maximum absolute atomic E-state index is 12.0. The number of carbonyl (C=O) groups is 1. The van der Waals surface area contributed by atoms with Crippen molar-refractivity contribution in [1.82, 2.24) is 4.98 Å². The van der Waals surface area contributed by atoms with Gasteiger partial charge in [-0.05, 0) is 49.7 Å². The lowest BCUT2D eigenvalue weighted by Gasteiger charge is -2.36. The second-order valence-electron chi connectivity index (χ2n) is 6.84. The molecule has 0 atom stereocenters. The summed E-state index contributed by atoms with van der Waals surface area (Å²) >= 11 is 0. The first-order valence-electron chi connectivity index (χ1n) is 8.97. The molecule has 0 amide bonds. The SMILES string of the molecule is CC(=O)c1ccc(C#N)cc1N1CCN(c2nc3cc(C)ccc3o2)CC1. The maximum atomic E-state index is 12.0. The van der Waals surface area contributed by atoms with Gasteiger partial charge in [-0.1, -0.05) is 6.07 Å². The third-order valence-corrected chi connectivity index (χ3v) is 4.93. The van der Waals surface area contributed by atoms with Gasteiger partial charge in [0.2, 0.25) is 0 Å². The molecule has 4 rings (SSSR count). The summed E-state index contributed by atoms with van der Waals surface area (Å²) in [5.41, 5.74) is 4.86. The zero-order chi connectivity index (χ0) is 19.0. The monoisotopic (exact) mass is 360 g/mol. The molecule has 0 saturated carbocycles. The first-order chi connectivity index (χ1) is 13.0. The number of oxazole rings is 1. The summed E-state index contributed by atoms with van der Waals surface area (Å²) < 4.78 is 5.90. The van der Waals surface area contributed by atoms with Crippen molar-refractivity contribution in [2.75, 3.05) is 36.0 Å². The number of nitriles is 1. The van der Waals surface area contributed by atoms with Crippen LogP contribution in [0, 0.1) is 18.3 Å². The number of Topliss-reactive ketones (excluding diaryl/α,β-unsaturated/α-hetero) is 1. The van der Waals surface area contributed by atoms with Crippen molar-refractivity contribution in [2.24, 2.45) is 0 Å². The Morgan fingerprint density at radius 1 is 1.11 bits per heavy atom. The predicted octanol–water partition coefficient (Wildman–Crippen LogP) is 3.54. The number of benzene rings is 2. The fraction of sp³-hybridized carbons (Fsp3) is 0.286. The molecule has 1 saturated heterocycles. The number of ketones is 1. The molecular weight excluding hydrogens is 340 g/mol. The van der Waals surface area contributed by atoms with Crippen LogP contribution in [0.2, 0.25) is 0 Å². The van der Waals surface area contributed by atoms with Crippen LogP contribution >= 0.6 is 0 Å². The van der Waals surface area contributed by atoms with E-state index in [9.17, 15) is 10.1 Å². The van der Waals surface area contributed by atoms with Crippen LogP contribution in [-0.4, -0.2) is 36.9 Å². The van der Waals surface area contributed by atoms with E-state index in [1.54, 1.807) is 25.1 Å². The summed E-state index contributed by atoms with van der Waals surface area (Å²) in [6, 6.07) is 14.0. The fourth-order valence-electron chi connectivity index (χ4n) is 3.46. The average Bonchev–Trinajstić information content (AvgIpc) is 3.10. The summed E-state index contributed by atoms with van der Waals surface area (Å²) in [6.45, 7) is 6.52. The van der Waals surface area contributed by atoms with Gasteiger partial charge in [-0.2, -0.15) is 10.2 Å². The van der Waals surface area contributed by atoms with E-state index in [2.05, 4.69) is 20.9 Å². The highest BCUT2D eigenvalue weighted by atomic mass is 16.4. The number of hydrogen-bond acceptors (Lipinski definition) is 6. The van der Waals surface area contributed by atoms with Crippen molar-refractivity contribution < 1.29 is 9.21 Å². The van der Waals surface area contributed by atoms with Gasteiger partial charge in [0.15, 0.2) is 11.4 Å². The molecule has 0 radical (unpaired) electrons. The third kappa shape index (κ3) is 3.24. The van der Waals surface area contributed by atoms with Crippen LogP contribution in [0.25, 0.3) is 11.1 Å². The van der Waals surface area contributed by atoms with Crippen molar-refractivity contribution in [2.45, 2.75) is 13.8 Å². The number of hydrogen-bond donors (Lipinski definition) is 0. The van der Waals surface area contributed by atoms with Gasteiger partial charge in [0.1, 0.15) is 5.52 Å². The molecule has 0 spiro atoms. The van der Waals surface area contributed by atoms with Crippen molar-refractivity contribution >= 4 is 28.6 Å². The largest absolute Gasteiger partial charge is 0.423 e. The second kappa shape index (κ2) is 6.76. The van der Waals surface area contributed by atoms with Crippen LogP contribution in [-0.2, 0) is 0 Å². The number of anilines is 2. The Bertz CT molecular complexity index is 1060. The smallest absolute Gasteiger partial charge is 0.298 e. The van der Waals surface area contributed by atoms with Gasteiger partial charge >= 0.3 is 0 Å². The topological polar surface area (TPSA) is 73.4 Å². The molecule has 0 aliphatic carbocycles. The van der Waals surface area contributed by atoms with Gasteiger partial charge in [-0.15, -0.1) is 0 Å². The Kier molecular flexibility index (Phi) is 4.28. The maximum Gasteiger partial charge on any atom is 0.298 e. The second-order valence-corrected chi connectivity index (χ2v) is 6.84. The van der Waals surface area contributed by atoms with Gasteiger partial charge < -0.3 is 14.2 Å². The summed E-state index contributed by atoms with van der Waals surface area (Å²) in [4.78, 5) is 20.9. The normalized spacial score (nSPS) is 14.4. The highest BCUT2D eigenvalue weighted by Gasteiger charge is 2.23.